The molecule has 1 aromatic heterocycles. The molecule has 1 aliphatic carbocycles. The number of hydrogen-bond donors (Lipinski definition) is 1. The Kier molecular flexibility index (Phi) is 3.55. The number of furan rings is 1. The van der Waals surface area contributed by atoms with Gasteiger partial charge in [-0.1, -0.05) is 31.4 Å². The number of halogens is 1. The number of fused-ring (bicyclic) bond motifs is 1. The van der Waals surface area contributed by atoms with E-state index >= 15 is 0 Å². The zero-order valence-corrected chi connectivity index (χ0v) is 12.0. The first-order chi connectivity index (χ1) is 9.13. The van der Waals surface area contributed by atoms with Gasteiger partial charge in [-0.2, -0.15) is 0 Å². The summed E-state index contributed by atoms with van der Waals surface area (Å²) in [5, 5.41) is 1.78. The van der Waals surface area contributed by atoms with Crippen LogP contribution in [0.1, 0.15) is 44.4 Å². The van der Waals surface area contributed by atoms with Crippen molar-refractivity contribution in [1.29, 1.82) is 0 Å². The Morgan fingerprint density at radius 2 is 2.16 bits per heavy atom. The first-order valence-electron chi connectivity index (χ1n) is 7.08. The summed E-state index contributed by atoms with van der Waals surface area (Å²) in [5.41, 5.74) is 7.28. The topological polar surface area (TPSA) is 39.2 Å². The van der Waals surface area contributed by atoms with Crippen LogP contribution in [0.25, 0.3) is 11.0 Å². The Morgan fingerprint density at radius 1 is 1.32 bits per heavy atom. The molecule has 1 aromatic carbocycles. The highest BCUT2D eigenvalue weighted by atomic mass is 35.5. The van der Waals surface area contributed by atoms with Crippen molar-refractivity contribution >= 4 is 22.6 Å². The van der Waals surface area contributed by atoms with Crippen molar-refractivity contribution in [3.63, 3.8) is 0 Å². The van der Waals surface area contributed by atoms with E-state index in [1.807, 2.05) is 24.3 Å². The largest absolute Gasteiger partial charge is 0.459 e. The minimum absolute atomic E-state index is 0.00826. The lowest BCUT2D eigenvalue weighted by Crippen LogP contribution is -2.25. The number of nitrogens with two attached hydrogens (primary N) is 1. The Balaban J connectivity index is 1.86. The molecule has 1 heterocycles. The van der Waals surface area contributed by atoms with E-state index in [0.717, 1.165) is 27.7 Å². The van der Waals surface area contributed by atoms with Crippen LogP contribution in [0.4, 0.5) is 0 Å². The highest BCUT2D eigenvalue weighted by molar-refractivity contribution is 6.31. The summed E-state index contributed by atoms with van der Waals surface area (Å²) < 4.78 is 5.89. The minimum Gasteiger partial charge on any atom is -0.459 e. The van der Waals surface area contributed by atoms with Crippen LogP contribution in [-0.4, -0.2) is 0 Å². The molecule has 19 heavy (non-hydrogen) atoms. The molecule has 1 saturated carbocycles. The molecule has 3 heteroatoms. The van der Waals surface area contributed by atoms with Gasteiger partial charge < -0.3 is 10.2 Å². The Bertz CT molecular complexity index is 577. The van der Waals surface area contributed by atoms with E-state index in [-0.39, 0.29) is 6.04 Å². The third kappa shape index (κ3) is 2.65. The summed E-state index contributed by atoms with van der Waals surface area (Å²) in [6, 6.07) is 7.75. The van der Waals surface area contributed by atoms with Gasteiger partial charge in [-0.25, -0.2) is 0 Å². The molecule has 3 atom stereocenters. The summed E-state index contributed by atoms with van der Waals surface area (Å²) in [4.78, 5) is 0. The molecule has 2 nitrogen and oxygen atoms in total. The molecule has 0 amide bonds. The maximum Gasteiger partial charge on any atom is 0.134 e. The standard InChI is InChI=1S/C16H20ClNO/c1-10-3-2-4-11(7-10)16(18)15-9-12-8-13(17)5-6-14(12)19-15/h5-6,8-11,16H,2-4,7,18H2,1H3. The van der Waals surface area contributed by atoms with Crippen LogP contribution in [0.3, 0.4) is 0 Å². The molecule has 102 valence electrons. The molecule has 0 saturated heterocycles. The maximum absolute atomic E-state index is 6.41. The van der Waals surface area contributed by atoms with Crippen LogP contribution in [0.5, 0.6) is 0 Å². The molecular weight excluding hydrogens is 258 g/mol. The summed E-state index contributed by atoms with van der Waals surface area (Å²) >= 11 is 6.00. The number of benzene rings is 1. The average Bonchev–Trinajstić information content (AvgIpc) is 2.80. The lowest BCUT2D eigenvalue weighted by atomic mass is 9.78. The van der Waals surface area contributed by atoms with Gasteiger partial charge in [0.2, 0.25) is 0 Å². The molecule has 0 radical (unpaired) electrons. The molecule has 3 rings (SSSR count). The normalized spacial score (nSPS) is 25.6. The predicted octanol–water partition coefficient (Wildman–Crippen LogP) is 4.91. The third-order valence-corrected chi connectivity index (χ3v) is 4.55. The van der Waals surface area contributed by atoms with Gasteiger partial charge in [0.05, 0.1) is 6.04 Å². The second-order valence-electron chi connectivity index (χ2n) is 5.89. The van der Waals surface area contributed by atoms with Crippen LogP contribution < -0.4 is 5.73 Å². The van der Waals surface area contributed by atoms with Gasteiger partial charge in [0.15, 0.2) is 0 Å². The van der Waals surface area contributed by atoms with Crippen molar-refractivity contribution in [2.45, 2.75) is 38.6 Å². The predicted molar refractivity (Wildman–Crippen MR) is 79.3 cm³/mol. The van der Waals surface area contributed by atoms with Crippen molar-refractivity contribution in [2.75, 3.05) is 0 Å². The lowest BCUT2D eigenvalue weighted by molar-refractivity contribution is 0.233. The van der Waals surface area contributed by atoms with E-state index in [1.54, 1.807) is 0 Å². The SMILES string of the molecule is CC1CCCC(C(N)c2cc3cc(Cl)ccc3o2)C1. The van der Waals surface area contributed by atoms with Crippen LogP contribution in [0.2, 0.25) is 5.02 Å². The first-order valence-corrected chi connectivity index (χ1v) is 7.46. The van der Waals surface area contributed by atoms with Crippen LogP contribution >= 0.6 is 11.6 Å². The van der Waals surface area contributed by atoms with E-state index in [4.69, 9.17) is 21.8 Å². The molecule has 1 aliphatic rings. The highest BCUT2D eigenvalue weighted by Gasteiger charge is 2.27. The highest BCUT2D eigenvalue weighted by Crippen LogP contribution is 2.37. The molecule has 1 fully saturated rings. The van der Waals surface area contributed by atoms with Crippen LogP contribution in [0, 0.1) is 11.8 Å². The second kappa shape index (κ2) is 5.18. The Morgan fingerprint density at radius 3 is 2.95 bits per heavy atom. The monoisotopic (exact) mass is 277 g/mol. The second-order valence-corrected chi connectivity index (χ2v) is 6.32. The fraction of sp³-hybridized carbons (Fsp3) is 0.500. The molecular formula is C16H20ClNO. The van der Waals surface area contributed by atoms with Gasteiger partial charge in [0, 0.05) is 10.4 Å². The van der Waals surface area contributed by atoms with E-state index in [9.17, 15) is 0 Å². The maximum atomic E-state index is 6.41. The Hall–Kier alpha value is -0.990. The molecule has 0 spiro atoms. The van der Waals surface area contributed by atoms with Crippen molar-refractivity contribution < 1.29 is 4.42 Å². The molecule has 2 aromatic rings. The quantitative estimate of drug-likeness (QED) is 0.847. The lowest BCUT2D eigenvalue weighted by Gasteiger charge is -2.30. The summed E-state index contributed by atoms with van der Waals surface area (Å²) in [7, 11) is 0. The van der Waals surface area contributed by atoms with Crippen molar-refractivity contribution in [3.8, 4) is 0 Å². The van der Waals surface area contributed by atoms with E-state index in [1.165, 1.54) is 25.7 Å². The van der Waals surface area contributed by atoms with Gasteiger partial charge in [-0.3, -0.25) is 0 Å². The van der Waals surface area contributed by atoms with Gasteiger partial charge in [-0.05, 0) is 48.9 Å². The fourth-order valence-corrected chi connectivity index (χ4v) is 3.42. The third-order valence-electron chi connectivity index (χ3n) is 4.31. The molecule has 0 bridgehead atoms. The smallest absolute Gasteiger partial charge is 0.134 e. The summed E-state index contributed by atoms with van der Waals surface area (Å²) in [5.74, 6) is 2.22. The number of hydrogen-bond acceptors (Lipinski definition) is 2. The zero-order chi connectivity index (χ0) is 13.4. The van der Waals surface area contributed by atoms with Crippen molar-refractivity contribution in [3.05, 3.63) is 35.0 Å². The summed E-state index contributed by atoms with van der Waals surface area (Å²) in [6.45, 7) is 2.32. The van der Waals surface area contributed by atoms with Gasteiger partial charge in [-0.15, -0.1) is 0 Å². The van der Waals surface area contributed by atoms with Gasteiger partial charge in [0.1, 0.15) is 11.3 Å². The average molecular weight is 278 g/mol. The Labute approximate surface area is 118 Å². The van der Waals surface area contributed by atoms with Crippen LogP contribution in [-0.2, 0) is 0 Å². The van der Waals surface area contributed by atoms with Crippen molar-refractivity contribution in [1.82, 2.24) is 0 Å². The minimum atomic E-state index is 0.00826. The van der Waals surface area contributed by atoms with Crippen molar-refractivity contribution in [2.24, 2.45) is 17.6 Å². The van der Waals surface area contributed by atoms with E-state index in [2.05, 4.69) is 6.92 Å². The molecule has 3 unspecified atom stereocenters. The fourth-order valence-electron chi connectivity index (χ4n) is 3.24. The summed E-state index contributed by atoms with van der Waals surface area (Å²) in [6.07, 6.45) is 5.03. The molecule has 0 aliphatic heterocycles. The zero-order valence-electron chi connectivity index (χ0n) is 11.2. The van der Waals surface area contributed by atoms with Gasteiger partial charge in [0.25, 0.3) is 0 Å². The first kappa shape index (κ1) is 13.0. The van der Waals surface area contributed by atoms with E-state index < -0.39 is 0 Å². The van der Waals surface area contributed by atoms with E-state index in [0.29, 0.717) is 5.92 Å². The van der Waals surface area contributed by atoms with Gasteiger partial charge >= 0.3 is 0 Å². The van der Waals surface area contributed by atoms with Crippen LogP contribution in [0.15, 0.2) is 28.7 Å². The number of rotatable bonds is 2. The molecule has 2 N–H and O–H groups in total.